The third-order valence-electron chi connectivity index (χ3n) is 4.86. The molecule has 0 radical (unpaired) electrons. The van der Waals surface area contributed by atoms with E-state index in [-0.39, 0.29) is 31.0 Å². The van der Waals surface area contributed by atoms with Gasteiger partial charge in [-0.15, -0.1) is 0 Å². The summed E-state index contributed by atoms with van der Waals surface area (Å²) in [6.07, 6.45) is 0.817. The Morgan fingerprint density at radius 3 is 2.52 bits per heavy atom. The highest BCUT2D eigenvalue weighted by Crippen LogP contribution is 2.18. The van der Waals surface area contributed by atoms with E-state index in [1.807, 2.05) is 57.2 Å². The Morgan fingerprint density at radius 1 is 1.14 bits per heavy atom. The Bertz CT molecular complexity index is 840. The molecule has 0 unspecified atom stereocenters. The molecular weight excluding hydrogens is 388 g/mol. The SMILES string of the molecule is CC[C@@H](C)NC(=O)[C@@H](C)N(Cc1cccc(Cl)c1)C(=O)COc1ccccc1C. The van der Waals surface area contributed by atoms with E-state index < -0.39 is 6.04 Å². The fraction of sp³-hybridized carbons (Fsp3) is 0.391. The topological polar surface area (TPSA) is 58.6 Å². The molecular formula is C23H29ClN2O3. The minimum Gasteiger partial charge on any atom is -0.484 e. The van der Waals surface area contributed by atoms with Crippen LogP contribution in [0.15, 0.2) is 48.5 Å². The number of ether oxygens (including phenoxy) is 1. The quantitative estimate of drug-likeness (QED) is 0.660. The summed E-state index contributed by atoms with van der Waals surface area (Å²) < 4.78 is 5.72. The van der Waals surface area contributed by atoms with Crippen LogP contribution in [-0.4, -0.2) is 35.4 Å². The van der Waals surface area contributed by atoms with Gasteiger partial charge in [-0.1, -0.05) is 48.9 Å². The van der Waals surface area contributed by atoms with Crippen molar-refractivity contribution in [3.8, 4) is 5.75 Å². The molecule has 2 rings (SSSR count). The number of hydrogen-bond acceptors (Lipinski definition) is 3. The first-order valence-electron chi connectivity index (χ1n) is 9.84. The summed E-state index contributed by atoms with van der Waals surface area (Å²) in [5.74, 6) is 0.200. The molecule has 0 bridgehead atoms. The van der Waals surface area contributed by atoms with E-state index in [4.69, 9.17) is 16.3 Å². The van der Waals surface area contributed by atoms with Crippen LogP contribution in [0.25, 0.3) is 0 Å². The second-order valence-corrected chi connectivity index (χ2v) is 7.64. The molecule has 0 saturated carbocycles. The fourth-order valence-electron chi connectivity index (χ4n) is 2.82. The van der Waals surface area contributed by atoms with Gasteiger partial charge in [-0.05, 0) is 56.5 Å². The number of amides is 2. The van der Waals surface area contributed by atoms with Gasteiger partial charge in [0.25, 0.3) is 5.91 Å². The first kappa shape index (κ1) is 22.8. The van der Waals surface area contributed by atoms with Gasteiger partial charge < -0.3 is 15.0 Å². The van der Waals surface area contributed by atoms with Crippen LogP contribution in [0.3, 0.4) is 0 Å². The monoisotopic (exact) mass is 416 g/mol. The van der Waals surface area contributed by atoms with Crippen LogP contribution in [0.4, 0.5) is 0 Å². The molecule has 0 saturated heterocycles. The van der Waals surface area contributed by atoms with Gasteiger partial charge in [0.15, 0.2) is 6.61 Å². The Labute approximate surface area is 178 Å². The van der Waals surface area contributed by atoms with Gasteiger partial charge >= 0.3 is 0 Å². The lowest BCUT2D eigenvalue weighted by molar-refractivity contribution is -0.142. The molecule has 2 aromatic carbocycles. The zero-order chi connectivity index (χ0) is 21.4. The van der Waals surface area contributed by atoms with E-state index in [0.717, 1.165) is 17.5 Å². The Balaban J connectivity index is 2.17. The van der Waals surface area contributed by atoms with Crippen LogP contribution < -0.4 is 10.1 Å². The lowest BCUT2D eigenvalue weighted by Gasteiger charge is -2.29. The molecule has 0 fully saturated rings. The summed E-state index contributed by atoms with van der Waals surface area (Å²) in [5, 5.41) is 3.53. The van der Waals surface area contributed by atoms with E-state index in [0.29, 0.717) is 10.8 Å². The van der Waals surface area contributed by atoms with Crippen molar-refractivity contribution >= 4 is 23.4 Å². The lowest BCUT2D eigenvalue weighted by atomic mass is 10.1. The van der Waals surface area contributed by atoms with Gasteiger partial charge in [0, 0.05) is 17.6 Å². The Morgan fingerprint density at radius 2 is 1.86 bits per heavy atom. The Hall–Kier alpha value is -2.53. The molecule has 2 amide bonds. The van der Waals surface area contributed by atoms with Crippen LogP contribution in [0.5, 0.6) is 5.75 Å². The summed E-state index contributed by atoms with van der Waals surface area (Å²) in [7, 11) is 0. The minimum absolute atomic E-state index is 0.0382. The first-order valence-corrected chi connectivity index (χ1v) is 10.2. The molecule has 5 nitrogen and oxygen atoms in total. The number of carbonyl (C=O) groups excluding carboxylic acids is 2. The molecule has 6 heteroatoms. The minimum atomic E-state index is -0.643. The van der Waals surface area contributed by atoms with Gasteiger partial charge in [0.1, 0.15) is 11.8 Å². The van der Waals surface area contributed by atoms with E-state index in [1.54, 1.807) is 19.1 Å². The van der Waals surface area contributed by atoms with E-state index in [1.165, 1.54) is 4.90 Å². The molecule has 2 atom stereocenters. The molecule has 2 aromatic rings. The molecule has 1 N–H and O–H groups in total. The molecule has 0 aliphatic heterocycles. The molecule has 0 aliphatic carbocycles. The van der Waals surface area contributed by atoms with Gasteiger partial charge in [-0.3, -0.25) is 9.59 Å². The predicted octanol–water partition coefficient (Wildman–Crippen LogP) is 4.36. The molecule has 29 heavy (non-hydrogen) atoms. The summed E-state index contributed by atoms with van der Waals surface area (Å²) >= 11 is 6.09. The van der Waals surface area contributed by atoms with Crippen LogP contribution in [0.2, 0.25) is 5.02 Å². The highest BCUT2D eigenvalue weighted by Gasteiger charge is 2.27. The average molecular weight is 417 g/mol. The van der Waals surface area contributed by atoms with Crippen molar-refractivity contribution in [3.63, 3.8) is 0 Å². The van der Waals surface area contributed by atoms with Gasteiger partial charge in [-0.2, -0.15) is 0 Å². The Kier molecular flexibility index (Phi) is 8.52. The number of aryl methyl sites for hydroxylation is 1. The van der Waals surface area contributed by atoms with Gasteiger partial charge in [0.05, 0.1) is 0 Å². The zero-order valence-electron chi connectivity index (χ0n) is 17.4. The van der Waals surface area contributed by atoms with Gasteiger partial charge in [0.2, 0.25) is 5.91 Å². The first-order chi connectivity index (χ1) is 13.8. The molecule has 0 aromatic heterocycles. The van der Waals surface area contributed by atoms with Crippen LogP contribution in [-0.2, 0) is 16.1 Å². The number of benzene rings is 2. The predicted molar refractivity (Wildman–Crippen MR) is 116 cm³/mol. The smallest absolute Gasteiger partial charge is 0.261 e. The molecule has 0 heterocycles. The van der Waals surface area contributed by atoms with E-state index in [9.17, 15) is 9.59 Å². The number of para-hydroxylation sites is 1. The molecule has 0 spiro atoms. The number of nitrogens with zero attached hydrogens (tertiary/aromatic N) is 1. The summed E-state index contributed by atoms with van der Waals surface area (Å²) in [6.45, 7) is 7.72. The second kappa shape index (κ2) is 10.9. The maximum atomic E-state index is 13.0. The average Bonchev–Trinajstić information content (AvgIpc) is 2.70. The largest absolute Gasteiger partial charge is 0.484 e. The summed E-state index contributed by atoms with van der Waals surface area (Å²) in [6, 6.07) is 14.2. The van der Waals surface area contributed by atoms with Crippen molar-refractivity contribution in [2.24, 2.45) is 0 Å². The highest BCUT2D eigenvalue weighted by molar-refractivity contribution is 6.30. The standard InChI is InChI=1S/C23H29ClN2O3/c1-5-17(3)25-23(28)18(4)26(14-19-10-8-11-20(24)13-19)22(27)15-29-21-12-7-6-9-16(21)2/h6-13,17-18H,5,14-15H2,1-4H3,(H,25,28)/t17-,18-/m1/s1. The normalized spacial score (nSPS) is 12.7. The lowest BCUT2D eigenvalue weighted by Crippen LogP contribution is -2.50. The molecule has 156 valence electrons. The van der Waals surface area contributed by atoms with Crippen molar-refractivity contribution in [2.45, 2.75) is 52.7 Å². The van der Waals surface area contributed by atoms with Crippen molar-refractivity contribution in [1.82, 2.24) is 10.2 Å². The zero-order valence-corrected chi connectivity index (χ0v) is 18.2. The van der Waals surface area contributed by atoms with Crippen molar-refractivity contribution in [1.29, 1.82) is 0 Å². The third-order valence-corrected chi connectivity index (χ3v) is 5.09. The van der Waals surface area contributed by atoms with Gasteiger partial charge in [-0.25, -0.2) is 0 Å². The van der Waals surface area contributed by atoms with Crippen LogP contribution >= 0.6 is 11.6 Å². The fourth-order valence-corrected chi connectivity index (χ4v) is 3.03. The van der Waals surface area contributed by atoms with Crippen molar-refractivity contribution in [2.75, 3.05) is 6.61 Å². The molecule has 0 aliphatic rings. The van der Waals surface area contributed by atoms with E-state index >= 15 is 0 Å². The maximum absolute atomic E-state index is 13.0. The number of carbonyl (C=O) groups is 2. The summed E-state index contributed by atoms with van der Waals surface area (Å²) in [4.78, 5) is 27.2. The number of rotatable bonds is 9. The summed E-state index contributed by atoms with van der Waals surface area (Å²) in [5.41, 5.74) is 1.80. The third kappa shape index (κ3) is 6.79. The van der Waals surface area contributed by atoms with Crippen molar-refractivity contribution < 1.29 is 14.3 Å². The van der Waals surface area contributed by atoms with Crippen LogP contribution in [0.1, 0.15) is 38.3 Å². The van der Waals surface area contributed by atoms with Crippen molar-refractivity contribution in [3.05, 3.63) is 64.7 Å². The van der Waals surface area contributed by atoms with Crippen LogP contribution in [0, 0.1) is 6.92 Å². The number of nitrogens with one attached hydrogen (secondary N) is 1. The van der Waals surface area contributed by atoms with E-state index in [2.05, 4.69) is 5.32 Å². The number of halogens is 1. The second-order valence-electron chi connectivity index (χ2n) is 7.20. The maximum Gasteiger partial charge on any atom is 0.261 e. The highest BCUT2D eigenvalue weighted by atomic mass is 35.5. The number of hydrogen-bond donors (Lipinski definition) is 1.